The third-order valence-electron chi connectivity index (χ3n) is 1.49. The predicted molar refractivity (Wildman–Crippen MR) is 50.4 cm³/mol. The molecule has 0 radical (unpaired) electrons. The molecule has 0 aromatic carbocycles. The Kier molecular flexibility index (Phi) is 3.29. The van der Waals surface area contributed by atoms with Crippen molar-refractivity contribution in [1.82, 2.24) is 4.98 Å². The van der Waals surface area contributed by atoms with Crippen LogP contribution in [0.4, 0.5) is 13.2 Å². The van der Waals surface area contributed by atoms with Crippen LogP contribution in [0.1, 0.15) is 22.3 Å². The average molecular weight is 316 g/mol. The van der Waals surface area contributed by atoms with Gasteiger partial charge >= 0.3 is 0 Å². The van der Waals surface area contributed by atoms with Gasteiger partial charge in [-0.2, -0.15) is 0 Å². The number of carbonyl (C=O) groups is 1. The molecule has 0 saturated carbocycles. The van der Waals surface area contributed by atoms with E-state index in [1.165, 1.54) is 22.6 Å². The molecule has 3 nitrogen and oxygen atoms in total. The van der Waals surface area contributed by atoms with Crippen LogP contribution in [0.3, 0.4) is 0 Å². The molecule has 1 aromatic rings. The highest BCUT2D eigenvalue weighted by molar-refractivity contribution is 14.1. The van der Waals surface area contributed by atoms with E-state index in [4.69, 9.17) is 5.73 Å². The second-order valence-corrected chi connectivity index (χ2v) is 3.38. The number of hydrogen-bond acceptors (Lipinski definition) is 2. The van der Waals surface area contributed by atoms with Crippen LogP contribution in [0.2, 0.25) is 0 Å². The first-order valence-electron chi connectivity index (χ1n) is 3.37. The smallest absolute Gasteiger partial charge is 0.269 e. The zero-order valence-corrected chi connectivity index (χ0v) is 8.76. The molecule has 0 spiro atoms. The van der Waals surface area contributed by atoms with E-state index in [0.717, 1.165) is 6.20 Å². The van der Waals surface area contributed by atoms with Gasteiger partial charge in [0.2, 0.25) is 0 Å². The molecule has 0 saturated heterocycles. The zero-order valence-electron chi connectivity index (χ0n) is 6.60. The van der Waals surface area contributed by atoms with Crippen molar-refractivity contribution in [2.45, 2.75) is 6.43 Å². The van der Waals surface area contributed by atoms with Crippen molar-refractivity contribution in [3.63, 3.8) is 0 Å². The summed E-state index contributed by atoms with van der Waals surface area (Å²) in [6.07, 6.45) is -2.18. The summed E-state index contributed by atoms with van der Waals surface area (Å²) in [6.45, 7) is 0. The normalized spacial score (nSPS) is 10.6. The predicted octanol–water partition coefficient (Wildman–Crippen LogP) is 1.86. The lowest BCUT2D eigenvalue weighted by atomic mass is 10.2. The van der Waals surface area contributed by atoms with Crippen LogP contribution in [0.25, 0.3) is 0 Å². The molecular weight excluding hydrogens is 312 g/mol. The lowest BCUT2D eigenvalue weighted by Crippen LogP contribution is -2.16. The number of rotatable bonds is 2. The SMILES string of the molecule is NC(=O)c1cnc(I)c(C(F)F)c1F. The summed E-state index contributed by atoms with van der Waals surface area (Å²) in [5, 5.41) is 0. The maximum absolute atomic E-state index is 13.2. The summed E-state index contributed by atoms with van der Waals surface area (Å²) in [6, 6.07) is 0. The summed E-state index contributed by atoms with van der Waals surface area (Å²) in [4.78, 5) is 14.1. The van der Waals surface area contributed by atoms with Crippen LogP contribution in [0, 0.1) is 9.52 Å². The molecule has 0 aliphatic carbocycles. The number of amides is 1. The number of pyridine rings is 1. The van der Waals surface area contributed by atoms with Crippen LogP contribution < -0.4 is 5.73 Å². The standard InChI is InChI=1S/C7H4F3IN2O/c8-4-2(7(12)14)1-13-6(11)3(4)5(9)10/h1,5H,(H2,12,14). The first-order valence-corrected chi connectivity index (χ1v) is 4.45. The van der Waals surface area contributed by atoms with Gasteiger partial charge in [0.25, 0.3) is 12.3 Å². The van der Waals surface area contributed by atoms with Gasteiger partial charge in [-0.15, -0.1) is 0 Å². The number of carbonyl (C=O) groups excluding carboxylic acids is 1. The van der Waals surface area contributed by atoms with Gasteiger partial charge in [0, 0.05) is 6.20 Å². The topological polar surface area (TPSA) is 56.0 Å². The van der Waals surface area contributed by atoms with Gasteiger partial charge in [0.15, 0.2) is 0 Å². The van der Waals surface area contributed by atoms with Gasteiger partial charge in [-0.3, -0.25) is 4.79 Å². The Morgan fingerprint density at radius 1 is 1.57 bits per heavy atom. The van der Waals surface area contributed by atoms with E-state index in [0.29, 0.717) is 0 Å². The Labute approximate surface area is 90.6 Å². The van der Waals surface area contributed by atoms with Crippen LogP contribution in [0.5, 0.6) is 0 Å². The highest BCUT2D eigenvalue weighted by Gasteiger charge is 2.23. The van der Waals surface area contributed by atoms with E-state index in [1.807, 2.05) is 0 Å². The molecule has 1 amide bonds. The Bertz CT molecular complexity index is 383. The number of alkyl halides is 2. The van der Waals surface area contributed by atoms with Crippen molar-refractivity contribution in [1.29, 1.82) is 0 Å². The van der Waals surface area contributed by atoms with Crippen molar-refractivity contribution in [3.05, 3.63) is 26.8 Å². The summed E-state index contributed by atoms with van der Waals surface area (Å²) in [5.74, 6) is -2.42. The monoisotopic (exact) mass is 316 g/mol. The minimum absolute atomic E-state index is 0.180. The number of primary amides is 1. The fourth-order valence-electron chi connectivity index (χ4n) is 0.841. The third-order valence-corrected chi connectivity index (χ3v) is 2.35. The summed E-state index contributed by atoms with van der Waals surface area (Å²) in [7, 11) is 0. The summed E-state index contributed by atoms with van der Waals surface area (Å²) >= 11 is 1.46. The molecule has 0 aliphatic heterocycles. The van der Waals surface area contributed by atoms with E-state index in [-0.39, 0.29) is 3.70 Å². The molecule has 76 valence electrons. The first-order chi connectivity index (χ1) is 6.45. The largest absolute Gasteiger partial charge is 0.365 e. The molecule has 0 aliphatic rings. The van der Waals surface area contributed by atoms with E-state index in [2.05, 4.69) is 4.98 Å². The zero-order chi connectivity index (χ0) is 10.9. The molecule has 1 aromatic heterocycles. The molecule has 1 rings (SSSR count). The average Bonchev–Trinajstić information content (AvgIpc) is 2.02. The maximum Gasteiger partial charge on any atom is 0.269 e. The van der Waals surface area contributed by atoms with Crippen molar-refractivity contribution in [2.24, 2.45) is 5.73 Å². The number of nitrogens with zero attached hydrogens (tertiary/aromatic N) is 1. The minimum Gasteiger partial charge on any atom is -0.365 e. The highest BCUT2D eigenvalue weighted by Crippen LogP contribution is 2.27. The molecule has 0 unspecified atom stereocenters. The summed E-state index contributed by atoms with van der Waals surface area (Å²) < 4.78 is 37.6. The van der Waals surface area contributed by atoms with Crippen LogP contribution in [-0.4, -0.2) is 10.9 Å². The van der Waals surface area contributed by atoms with Gasteiger partial charge in [-0.1, -0.05) is 0 Å². The number of nitrogens with two attached hydrogens (primary N) is 1. The fourth-order valence-corrected chi connectivity index (χ4v) is 1.45. The van der Waals surface area contributed by atoms with Crippen molar-refractivity contribution < 1.29 is 18.0 Å². The third kappa shape index (κ3) is 1.97. The molecule has 0 fully saturated rings. The molecule has 2 N–H and O–H groups in total. The second kappa shape index (κ2) is 4.11. The van der Waals surface area contributed by atoms with Crippen molar-refractivity contribution in [2.75, 3.05) is 0 Å². The fraction of sp³-hybridized carbons (Fsp3) is 0.143. The van der Waals surface area contributed by atoms with Crippen LogP contribution >= 0.6 is 22.6 Å². The molecule has 7 heteroatoms. The number of hydrogen-bond donors (Lipinski definition) is 1. The van der Waals surface area contributed by atoms with E-state index in [1.54, 1.807) is 0 Å². The number of aromatic nitrogens is 1. The Balaban J connectivity index is 3.41. The van der Waals surface area contributed by atoms with Gasteiger partial charge in [0.05, 0.1) is 11.1 Å². The first kappa shape index (κ1) is 11.2. The highest BCUT2D eigenvalue weighted by atomic mass is 127. The van der Waals surface area contributed by atoms with E-state index < -0.39 is 29.3 Å². The Morgan fingerprint density at radius 2 is 2.14 bits per heavy atom. The van der Waals surface area contributed by atoms with Gasteiger partial charge in [0.1, 0.15) is 9.52 Å². The molecule has 0 bridgehead atoms. The van der Waals surface area contributed by atoms with Gasteiger partial charge in [-0.05, 0) is 22.6 Å². The van der Waals surface area contributed by atoms with Crippen LogP contribution in [0.15, 0.2) is 6.20 Å². The Morgan fingerprint density at radius 3 is 2.57 bits per heavy atom. The molecule has 1 heterocycles. The lowest BCUT2D eigenvalue weighted by Gasteiger charge is -2.06. The van der Waals surface area contributed by atoms with Gasteiger partial charge in [-0.25, -0.2) is 18.2 Å². The van der Waals surface area contributed by atoms with Crippen molar-refractivity contribution in [3.8, 4) is 0 Å². The van der Waals surface area contributed by atoms with Crippen molar-refractivity contribution >= 4 is 28.5 Å². The molecule has 14 heavy (non-hydrogen) atoms. The molecule has 0 atom stereocenters. The number of halogens is 4. The van der Waals surface area contributed by atoms with E-state index >= 15 is 0 Å². The quantitative estimate of drug-likeness (QED) is 0.669. The van der Waals surface area contributed by atoms with Gasteiger partial charge < -0.3 is 5.73 Å². The maximum atomic E-state index is 13.2. The lowest BCUT2D eigenvalue weighted by molar-refractivity contribution is 0.0994. The minimum atomic E-state index is -3.02. The Hall–Kier alpha value is -0.860. The molecular formula is C7H4F3IN2O. The van der Waals surface area contributed by atoms with Crippen LogP contribution in [-0.2, 0) is 0 Å². The summed E-state index contributed by atoms with van der Waals surface area (Å²) in [5.41, 5.74) is 3.26. The van der Waals surface area contributed by atoms with E-state index in [9.17, 15) is 18.0 Å². The second-order valence-electron chi connectivity index (χ2n) is 2.36.